The number of fused-ring (bicyclic) bond motifs is 2. The van der Waals surface area contributed by atoms with Gasteiger partial charge in [-0.1, -0.05) is 52.3 Å². The quantitative estimate of drug-likeness (QED) is 0.853. The predicted octanol–water partition coefficient (Wildman–Crippen LogP) is 4.00. The van der Waals surface area contributed by atoms with E-state index in [4.69, 9.17) is 9.47 Å². The first kappa shape index (κ1) is 13.9. The van der Waals surface area contributed by atoms with E-state index in [1.54, 1.807) is 0 Å². The number of carbonyl (C=O) groups is 1. The highest BCUT2D eigenvalue weighted by Crippen LogP contribution is 2.42. The number of amides is 1. The minimum absolute atomic E-state index is 0.269. The standard InChI is InChI=1S/C16H14BrNO3/c17-9-10-20-16(19)18-15-11-5-1-3-7-13(11)21-14-8-4-2-6-12(14)15/h1-8,15H,9-10H2,(H,18,19). The Morgan fingerprint density at radius 1 is 1.10 bits per heavy atom. The summed E-state index contributed by atoms with van der Waals surface area (Å²) in [7, 11) is 0. The number of ether oxygens (including phenoxy) is 2. The second-order valence-corrected chi connectivity index (χ2v) is 5.37. The van der Waals surface area contributed by atoms with Gasteiger partial charge >= 0.3 is 6.09 Å². The Kier molecular flexibility index (Phi) is 4.10. The van der Waals surface area contributed by atoms with E-state index in [-0.39, 0.29) is 6.04 Å². The summed E-state index contributed by atoms with van der Waals surface area (Å²) in [4.78, 5) is 11.9. The Morgan fingerprint density at radius 3 is 2.24 bits per heavy atom. The molecule has 2 aromatic rings. The zero-order chi connectivity index (χ0) is 14.7. The average Bonchev–Trinajstić information content (AvgIpc) is 2.52. The van der Waals surface area contributed by atoms with E-state index in [1.165, 1.54) is 0 Å². The van der Waals surface area contributed by atoms with E-state index in [9.17, 15) is 4.79 Å². The highest BCUT2D eigenvalue weighted by molar-refractivity contribution is 9.09. The summed E-state index contributed by atoms with van der Waals surface area (Å²) >= 11 is 3.23. The van der Waals surface area contributed by atoms with Crippen molar-refractivity contribution in [2.45, 2.75) is 6.04 Å². The molecule has 1 aliphatic heterocycles. The van der Waals surface area contributed by atoms with Gasteiger partial charge in [0.25, 0.3) is 0 Å². The fraction of sp³-hybridized carbons (Fsp3) is 0.188. The molecule has 21 heavy (non-hydrogen) atoms. The van der Waals surface area contributed by atoms with Crippen LogP contribution in [0.4, 0.5) is 4.79 Å². The Bertz CT molecular complexity index is 614. The van der Waals surface area contributed by atoms with Gasteiger partial charge < -0.3 is 14.8 Å². The fourth-order valence-corrected chi connectivity index (χ4v) is 2.52. The summed E-state index contributed by atoms with van der Waals surface area (Å²) in [5.74, 6) is 1.50. The van der Waals surface area contributed by atoms with Crippen LogP contribution in [0.1, 0.15) is 17.2 Å². The molecule has 0 aromatic heterocycles. The van der Waals surface area contributed by atoms with Gasteiger partial charge in [-0.3, -0.25) is 0 Å². The third-order valence-electron chi connectivity index (χ3n) is 3.25. The first-order chi connectivity index (χ1) is 10.3. The molecule has 0 fully saturated rings. The number of hydrogen-bond donors (Lipinski definition) is 1. The minimum Gasteiger partial charge on any atom is -0.457 e. The Hall–Kier alpha value is -2.01. The molecule has 0 bridgehead atoms. The van der Waals surface area contributed by atoms with E-state index in [2.05, 4.69) is 21.2 Å². The molecule has 1 N–H and O–H groups in total. The highest BCUT2D eigenvalue weighted by Gasteiger charge is 2.28. The predicted molar refractivity (Wildman–Crippen MR) is 83.1 cm³/mol. The number of hydrogen-bond acceptors (Lipinski definition) is 3. The lowest BCUT2D eigenvalue weighted by Gasteiger charge is -2.28. The number of carbonyl (C=O) groups excluding carboxylic acids is 1. The normalized spacial score (nSPS) is 12.8. The third-order valence-corrected chi connectivity index (χ3v) is 3.58. The van der Waals surface area contributed by atoms with Crippen molar-refractivity contribution in [2.24, 2.45) is 0 Å². The maximum Gasteiger partial charge on any atom is 0.407 e. The molecular weight excluding hydrogens is 334 g/mol. The molecule has 4 nitrogen and oxygen atoms in total. The van der Waals surface area contributed by atoms with Crippen LogP contribution in [0.3, 0.4) is 0 Å². The summed E-state index contributed by atoms with van der Waals surface area (Å²) in [6, 6.07) is 15.1. The smallest absolute Gasteiger partial charge is 0.407 e. The number of para-hydroxylation sites is 2. The number of benzene rings is 2. The van der Waals surface area contributed by atoms with E-state index in [0.29, 0.717) is 11.9 Å². The van der Waals surface area contributed by atoms with E-state index < -0.39 is 6.09 Å². The molecule has 1 heterocycles. The Labute approximate surface area is 131 Å². The number of alkyl carbamates (subject to hydrolysis) is 1. The van der Waals surface area contributed by atoms with Crippen LogP contribution in [0.15, 0.2) is 48.5 Å². The van der Waals surface area contributed by atoms with Gasteiger partial charge in [-0.2, -0.15) is 0 Å². The van der Waals surface area contributed by atoms with Gasteiger partial charge in [0, 0.05) is 16.5 Å². The van der Waals surface area contributed by atoms with Crippen LogP contribution in [0.25, 0.3) is 0 Å². The van der Waals surface area contributed by atoms with Crippen LogP contribution in [-0.2, 0) is 4.74 Å². The van der Waals surface area contributed by atoms with Crippen LogP contribution < -0.4 is 10.1 Å². The van der Waals surface area contributed by atoms with Gasteiger partial charge in [0.2, 0.25) is 0 Å². The third kappa shape index (κ3) is 2.88. The van der Waals surface area contributed by atoms with E-state index >= 15 is 0 Å². The summed E-state index contributed by atoms with van der Waals surface area (Å²) in [6.07, 6.45) is -0.439. The first-order valence-corrected chi connectivity index (χ1v) is 7.76. The van der Waals surface area contributed by atoms with Gasteiger partial charge in [-0.15, -0.1) is 0 Å². The van der Waals surface area contributed by atoms with Crippen molar-refractivity contribution in [1.29, 1.82) is 0 Å². The lowest BCUT2D eigenvalue weighted by atomic mass is 9.95. The van der Waals surface area contributed by atoms with Crippen molar-refractivity contribution < 1.29 is 14.3 Å². The lowest BCUT2D eigenvalue weighted by molar-refractivity contribution is 0.150. The van der Waals surface area contributed by atoms with Gasteiger partial charge in [-0.05, 0) is 12.1 Å². The minimum atomic E-state index is -0.439. The highest BCUT2D eigenvalue weighted by atomic mass is 79.9. The average molecular weight is 348 g/mol. The molecule has 1 amide bonds. The lowest BCUT2D eigenvalue weighted by Crippen LogP contribution is -2.32. The summed E-state index contributed by atoms with van der Waals surface area (Å²) < 4.78 is 11.0. The molecule has 2 aromatic carbocycles. The van der Waals surface area contributed by atoms with Gasteiger partial charge in [-0.25, -0.2) is 4.79 Å². The molecule has 0 atom stereocenters. The zero-order valence-electron chi connectivity index (χ0n) is 11.2. The van der Waals surface area contributed by atoms with Crippen molar-refractivity contribution in [2.75, 3.05) is 11.9 Å². The number of nitrogens with one attached hydrogen (secondary N) is 1. The molecule has 0 unspecified atom stereocenters. The van der Waals surface area contributed by atoms with Crippen molar-refractivity contribution in [1.82, 2.24) is 5.32 Å². The van der Waals surface area contributed by atoms with Crippen LogP contribution in [0.2, 0.25) is 0 Å². The zero-order valence-corrected chi connectivity index (χ0v) is 12.8. The molecule has 0 aliphatic carbocycles. The summed E-state index contributed by atoms with van der Waals surface area (Å²) in [5.41, 5.74) is 1.85. The molecule has 0 saturated carbocycles. The molecule has 5 heteroatoms. The number of rotatable bonds is 3. The Morgan fingerprint density at radius 2 is 1.67 bits per heavy atom. The molecule has 0 saturated heterocycles. The van der Waals surface area contributed by atoms with E-state index in [1.807, 2.05) is 48.5 Å². The van der Waals surface area contributed by atoms with Crippen LogP contribution in [-0.4, -0.2) is 18.0 Å². The number of halogens is 1. The topological polar surface area (TPSA) is 47.6 Å². The molecule has 3 rings (SSSR count). The molecular formula is C16H14BrNO3. The van der Waals surface area contributed by atoms with Crippen molar-refractivity contribution in [3.63, 3.8) is 0 Å². The van der Waals surface area contributed by atoms with Crippen molar-refractivity contribution in [3.05, 3.63) is 59.7 Å². The van der Waals surface area contributed by atoms with Gasteiger partial charge in [0.1, 0.15) is 18.1 Å². The van der Waals surface area contributed by atoms with Crippen molar-refractivity contribution in [3.8, 4) is 11.5 Å². The number of alkyl halides is 1. The van der Waals surface area contributed by atoms with Crippen LogP contribution in [0, 0.1) is 0 Å². The van der Waals surface area contributed by atoms with Gasteiger partial charge in [0.15, 0.2) is 0 Å². The maximum atomic E-state index is 11.9. The van der Waals surface area contributed by atoms with Crippen LogP contribution in [0.5, 0.6) is 11.5 Å². The SMILES string of the molecule is O=C(NC1c2ccccc2Oc2ccccc21)OCCBr. The summed E-state index contributed by atoms with van der Waals surface area (Å²) in [5, 5.41) is 3.52. The second-order valence-electron chi connectivity index (χ2n) is 4.58. The second kappa shape index (κ2) is 6.18. The first-order valence-electron chi connectivity index (χ1n) is 6.64. The van der Waals surface area contributed by atoms with Crippen LogP contribution >= 0.6 is 15.9 Å². The molecule has 108 valence electrons. The van der Waals surface area contributed by atoms with Crippen molar-refractivity contribution >= 4 is 22.0 Å². The molecule has 0 radical (unpaired) electrons. The maximum absolute atomic E-state index is 11.9. The molecule has 0 spiro atoms. The Balaban J connectivity index is 1.93. The molecule has 1 aliphatic rings. The summed E-state index contributed by atoms with van der Waals surface area (Å²) in [6.45, 7) is 0.332. The fourth-order valence-electron chi connectivity index (χ4n) is 2.36. The largest absolute Gasteiger partial charge is 0.457 e. The monoisotopic (exact) mass is 347 g/mol. The van der Waals surface area contributed by atoms with E-state index in [0.717, 1.165) is 22.6 Å². The van der Waals surface area contributed by atoms with Gasteiger partial charge in [0.05, 0.1) is 6.04 Å².